The molecule has 1 unspecified atom stereocenters. The third-order valence-electron chi connectivity index (χ3n) is 3.62. The molecule has 18 heavy (non-hydrogen) atoms. The lowest BCUT2D eigenvalue weighted by Gasteiger charge is -2.18. The van der Waals surface area contributed by atoms with E-state index in [4.69, 9.17) is 0 Å². The number of hydrogen-bond acceptors (Lipinski definition) is 2. The van der Waals surface area contributed by atoms with Gasteiger partial charge in [0, 0.05) is 12.6 Å². The Morgan fingerprint density at radius 2 is 2.11 bits per heavy atom. The van der Waals surface area contributed by atoms with E-state index >= 15 is 0 Å². The van der Waals surface area contributed by atoms with Crippen molar-refractivity contribution in [2.75, 3.05) is 20.1 Å². The van der Waals surface area contributed by atoms with Gasteiger partial charge in [-0.3, -0.25) is 0 Å². The molecule has 3 heteroatoms. The van der Waals surface area contributed by atoms with Crippen LogP contribution in [-0.4, -0.2) is 31.1 Å². The van der Waals surface area contributed by atoms with E-state index in [0.717, 1.165) is 19.1 Å². The maximum atomic E-state index is 12.8. The van der Waals surface area contributed by atoms with Crippen molar-refractivity contribution in [3.05, 3.63) is 35.6 Å². The highest BCUT2D eigenvalue weighted by molar-refractivity contribution is 5.15. The molecule has 2 rings (SSSR count). The zero-order chi connectivity index (χ0) is 12.8. The Morgan fingerprint density at radius 3 is 2.78 bits per heavy atom. The van der Waals surface area contributed by atoms with Gasteiger partial charge in [-0.1, -0.05) is 12.1 Å². The SMILES string of the molecule is CN(CCCC1CCCN1)Cc1ccc(F)cc1. The molecule has 1 heterocycles. The van der Waals surface area contributed by atoms with E-state index in [9.17, 15) is 4.39 Å². The molecule has 1 aliphatic heterocycles. The normalized spacial score (nSPS) is 19.6. The summed E-state index contributed by atoms with van der Waals surface area (Å²) in [5, 5.41) is 3.53. The fourth-order valence-electron chi connectivity index (χ4n) is 2.59. The van der Waals surface area contributed by atoms with Gasteiger partial charge in [0.2, 0.25) is 0 Å². The summed E-state index contributed by atoms with van der Waals surface area (Å²) in [6.07, 6.45) is 5.17. The minimum atomic E-state index is -0.159. The van der Waals surface area contributed by atoms with Gasteiger partial charge >= 0.3 is 0 Å². The van der Waals surface area contributed by atoms with E-state index in [0.29, 0.717) is 0 Å². The van der Waals surface area contributed by atoms with Crippen molar-refractivity contribution in [3.8, 4) is 0 Å². The van der Waals surface area contributed by atoms with Crippen molar-refractivity contribution < 1.29 is 4.39 Å². The molecule has 1 aromatic rings. The number of benzene rings is 1. The van der Waals surface area contributed by atoms with Crippen LogP contribution in [0.3, 0.4) is 0 Å². The van der Waals surface area contributed by atoms with Gasteiger partial charge < -0.3 is 10.2 Å². The predicted octanol–water partition coefficient (Wildman–Crippen LogP) is 2.79. The predicted molar refractivity (Wildman–Crippen MR) is 73.0 cm³/mol. The summed E-state index contributed by atoms with van der Waals surface area (Å²) in [4.78, 5) is 2.31. The fourth-order valence-corrected chi connectivity index (χ4v) is 2.59. The summed E-state index contributed by atoms with van der Waals surface area (Å²) < 4.78 is 12.8. The Labute approximate surface area is 109 Å². The largest absolute Gasteiger partial charge is 0.314 e. The van der Waals surface area contributed by atoms with Crippen LogP contribution in [0.2, 0.25) is 0 Å². The molecule has 1 aliphatic rings. The molecule has 1 aromatic carbocycles. The first-order valence-electron chi connectivity index (χ1n) is 6.90. The van der Waals surface area contributed by atoms with Crippen LogP contribution in [0.25, 0.3) is 0 Å². The quantitative estimate of drug-likeness (QED) is 0.835. The molecule has 0 aliphatic carbocycles. The smallest absolute Gasteiger partial charge is 0.123 e. The first-order chi connectivity index (χ1) is 8.74. The molecular weight excluding hydrogens is 227 g/mol. The molecule has 1 saturated heterocycles. The molecule has 0 aromatic heterocycles. The van der Waals surface area contributed by atoms with Crippen LogP contribution in [0.4, 0.5) is 4.39 Å². The lowest BCUT2D eigenvalue weighted by atomic mass is 10.1. The molecule has 0 spiro atoms. The van der Waals surface area contributed by atoms with Gasteiger partial charge in [-0.05, 0) is 63.5 Å². The van der Waals surface area contributed by atoms with Gasteiger partial charge in [-0.25, -0.2) is 4.39 Å². The Bertz CT molecular complexity index is 344. The second kappa shape index (κ2) is 6.86. The Morgan fingerprint density at radius 1 is 1.33 bits per heavy atom. The minimum absolute atomic E-state index is 0.159. The summed E-state index contributed by atoms with van der Waals surface area (Å²) >= 11 is 0. The van der Waals surface area contributed by atoms with Crippen molar-refractivity contribution >= 4 is 0 Å². The first kappa shape index (κ1) is 13.5. The molecule has 0 bridgehead atoms. The van der Waals surface area contributed by atoms with Crippen LogP contribution in [0, 0.1) is 5.82 Å². The monoisotopic (exact) mass is 250 g/mol. The average Bonchev–Trinajstić information content (AvgIpc) is 2.85. The average molecular weight is 250 g/mol. The number of nitrogens with zero attached hydrogens (tertiary/aromatic N) is 1. The molecule has 100 valence electrons. The molecule has 0 amide bonds. The Balaban J connectivity index is 1.65. The van der Waals surface area contributed by atoms with E-state index in [1.54, 1.807) is 0 Å². The highest BCUT2D eigenvalue weighted by Crippen LogP contribution is 2.12. The summed E-state index contributed by atoms with van der Waals surface area (Å²) in [6.45, 7) is 3.20. The molecule has 1 N–H and O–H groups in total. The zero-order valence-electron chi connectivity index (χ0n) is 11.2. The summed E-state index contributed by atoms with van der Waals surface area (Å²) in [7, 11) is 2.13. The molecule has 2 nitrogen and oxygen atoms in total. The van der Waals surface area contributed by atoms with Crippen LogP contribution in [0.15, 0.2) is 24.3 Å². The number of hydrogen-bond donors (Lipinski definition) is 1. The van der Waals surface area contributed by atoms with Crippen molar-refractivity contribution in [2.24, 2.45) is 0 Å². The van der Waals surface area contributed by atoms with Crippen LogP contribution < -0.4 is 5.32 Å². The van der Waals surface area contributed by atoms with Crippen molar-refractivity contribution in [3.63, 3.8) is 0 Å². The summed E-state index contributed by atoms with van der Waals surface area (Å²) in [6, 6.07) is 7.54. The summed E-state index contributed by atoms with van der Waals surface area (Å²) in [5.41, 5.74) is 1.18. The number of nitrogens with one attached hydrogen (secondary N) is 1. The third-order valence-corrected chi connectivity index (χ3v) is 3.62. The topological polar surface area (TPSA) is 15.3 Å². The van der Waals surface area contributed by atoms with Gasteiger partial charge in [0.1, 0.15) is 5.82 Å². The first-order valence-corrected chi connectivity index (χ1v) is 6.90. The highest BCUT2D eigenvalue weighted by Gasteiger charge is 2.13. The Hall–Kier alpha value is -0.930. The lowest BCUT2D eigenvalue weighted by Crippen LogP contribution is -2.24. The van der Waals surface area contributed by atoms with Gasteiger partial charge in [-0.15, -0.1) is 0 Å². The standard InChI is InChI=1S/C15H23FN2/c1-18(11-3-5-15-4-2-10-17-15)12-13-6-8-14(16)9-7-13/h6-9,15,17H,2-5,10-12H2,1H3. The molecular formula is C15H23FN2. The van der Waals surface area contributed by atoms with E-state index in [-0.39, 0.29) is 5.82 Å². The van der Waals surface area contributed by atoms with Crippen molar-refractivity contribution in [2.45, 2.75) is 38.3 Å². The summed E-state index contributed by atoms with van der Waals surface area (Å²) in [5.74, 6) is -0.159. The number of rotatable bonds is 6. The third kappa shape index (κ3) is 4.39. The molecule has 0 radical (unpaired) electrons. The lowest BCUT2D eigenvalue weighted by molar-refractivity contribution is 0.311. The van der Waals surface area contributed by atoms with Gasteiger partial charge in [0.25, 0.3) is 0 Å². The zero-order valence-corrected chi connectivity index (χ0v) is 11.2. The molecule has 0 saturated carbocycles. The second-order valence-electron chi connectivity index (χ2n) is 5.30. The number of halogens is 1. The van der Waals surface area contributed by atoms with Crippen LogP contribution in [0.5, 0.6) is 0 Å². The maximum Gasteiger partial charge on any atom is 0.123 e. The van der Waals surface area contributed by atoms with Crippen LogP contribution in [0.1, 0.15) is 31.2 Å². The van der Waals surface area contributed by atoms with Gasteiger partial charge in [0.15, 0.2) is 0 Å². The minimum Gasteiger partial charge on any atom is -0.314 e. The van der Waals surface area contributed by atoms with Crippen LogP contribution >= 0.6 is 0 Å². The van der Waals surface area contributed by atoms with Crippen molar-refractivity contribution in [1.29, 1.82) is 0 Å². The fraction of sp³-hybridized carbons (Fsp3) is 0.600. The van der Waals surface area contributed by atoms with E-state index < -0.39 is 0 Å². The van der Waals surface area contributed by atoms with Gasteiger partial charge in [0.05, 0.1) is 0 Å². The van der Waals surface area contributed by atoms with Crippen molar-refractivity contribution in [1.82, 2.24) is 10.2 Å². The molecule has 1 atom stereocenters. The van der Waals surface area contributed by atoms with Gasteiger partial charge in [-0.2, -0.15) is 0 Å². The molecule has 1 fully saturated rings. The second-order valence-corrected chi connectivity index (χ2v) is 5.30. The highest BCUT2D eigenvalue weighted by atomic mass is 19.1. The van der Waals surface area contributed by atoms with E-state index in [1.807, 2.05) is 12.1 Å². The Kier molecular flexibility index (Phi) is 5.14. The van der Waals surface area contributed by atoms with E-state index in [1.165, 1.54) is 49.9 Å². The van der Waals surface area contributed by atoms with E-state index in [2.05, 4.69) is 17.3 Å². The maximum absolute atomic E-state index is 12.8. The van der Waals surface area contributed by atoms with Crippen LogP contribution in [-0.2, 0) is 6.54 Å².